The first-order chi connectivity index (χ1) is 10.1. The van der Waals surface area contributed by atoms with Gasteiger partial charge in [-0.25, -0.2) is 8.78 Å². The minimum Gasteiger partial charge on any atom is -0.396 e. The van der Waals surface area contributed by atoms with Crippen LogP contribution in [0.15, 0.2) is 66.7 Å². The molecule has 0 heterocycles. The molecular weight excluding hydrogens is 268 g/mol. The fourth-order valence-corrected chi connectivity index (χ4v) is 2.27. The highest BCUT2D eigenvalue weighted by Crippen LogP contribution is 2.29. The molecule has 0 atom stereocenters. The van der Waals surface area contributed by atoms with Crippen LogP contribution >= 0.6 is 0 Å². The van der Waals surface area contributed by atoms with Crippen LogP contribution < -0.4 is 5.73 Å². The molecule has 0 unspecified atom stereocenters. The van der Waals surface area contributed by atoms with Crippen molar-refractivity contribution in [3.63, 3.8) is 0 Å². The molecule has 0 radical (unpaired) electrons. The molecule has 0 bridgehead atoms. The zero-order valence-electron chi connectivity index (χ0n) is 11.2. The first kappa shape index (κ1) is 13.3. The Morgan fingerprint density at radius 1 is 0.619 bits per heavy atom. The lowest BCUT2D eigenvalue weighted by Gasteiger charge is -2.08. The molecule has 0 amide bonds. The number of halogens is 2. The van der Waals surface area contributed by atoms with Crippen molar-refractivity contribution in [2.75, 3.05) is 5.73 Å². The van der Waals surface area contributed by atoms with E-state index in [9.17, 15) is 8.78 Å². The van der Waals surface area contributed by atoms with E-state index in [-0.39, 0.29) is 11.5 Å². The van der Waals surface area contributed by atoms with Crippen molar-refractivity contribution in [2.24, 2.45) is 0 Å². The third kappa shape index (κ3) is 2.63. The van der Waals surface area contributed by atoms with Crippen LogP contribution in [0.25, 0.3) is 22.3 Å². The molecule has 0 fully saturated rings. The molecule has 0 spiro atoms. The van der Waals surface area contributed by atoms with Gasteiger partial charge in [0, 0.05) is 5.56 Å². The smallest absolute Gasteiger partial charge is 0.146 e. The topological polar surface area (TPSA) is 26.0 Å². The minimum atomic E-state index is -0.472. The van der Waals surface area contributed by atoms with Gasteiger partial charge in [0.25, 0.3) is 0 Å². The average Bonchev–Trinajstić information content (AvgIpc) is 2.51. The number of hydrogen-bond acceptors (Lipinski definition) is 1. The van der Waals surface area contributed by atoms with E-state index in [1.165, 1.54) is 18.2 Å². The number of benzene rings is 3. The van der Waals surface area contributed by atoms with E-state index in [1.54, 1.807) is 18.2 Å². The van der Waals surface area contributed by atoms with Crippen LogP contribution in [0.4, 0.5) is 14.5 Å². The molecule has 0 aliphatic heterocycles. The summed E-state index contributed by atoms with van der Waals surface area (Å²) >= 11 is 0. The van der Waals surface area contributed by atoms with Crippen LogP contribution in [0, 0.1) is 11.6 Å². The summed E-state index contributed by atoms with van der Waals surface area (Å²) in [6.07, 6.45) is 0. The van der Waals surface area contributed by atoms with Crippen molar-refractivity contribution in [2.45, 2.75) is 0 Å². The minimum absolute atomic E-state index is 0.0556. The van der Waals surface area contributed by atoms with Crippen molar-refractivity contribution in [1.82, 2.24) is 0 Å². The number of nitrogens with two attached hydrogens (primary N) is 1. The quantitative estimate of drug-likeness (QED) is 0.665. The molecule has 3 aromatic rings. The van der Waals surface area contributed by atoms with Crippen LogP contribution in [0.5, 0.6) is 0 Å². The van der Waals surface area contributed by atoms with Crippen LogP contribution in [-0.2, 0) is 0 Å². The van der Waals surface area contributed by atoms with Crippen LogP contribution in [0.2, 0.25) is 0 Å². The second-order valence-electron chi connectivity index (χ2n) is 4.80. The average molecular weight is 281 g/mol. The van der Waals surface area contributed by atoms with E-state index in [0.29, 0.717) is 16.7 Å². The van der Waals surface area contributed by atoms with Gasteiger partial charge in [0.05, 0.1) is 5.69 Å². The molecule has 104 valence electrons. The molecule has 1 nitrogen and oxygen atoms in total. The predicted octanol–water partition coefficient (Wildman–Crippen LogP) is 4.88. The second-order valence-corrected chi connectivity index (χ2v) is 4.80. The summed E-state index contributed by atoms with van der Waals surface area (Å²) in [5.41, 5.74) is 8.31. The Kier molecular flexibility index (Phi) is 3.40. The molecule has 3 heteroatoms. The number of rotatable bonds is 2. The lowest BCUT2D eigenvalue weighted by molar-refractivity contribution is 0.631. The highest BCUT2D eigenvalue weighted by molar-refractivity contribution is 5.72. The molecule has 2 N–H and O–H groups in total. The van der Waals surface area contributed by atoms with Gasteiger partial charge in [0.2, 0.25) is 0 Å². The normalized spacial score (nSPS) is 10.6. The van der Waals surface area contributed by atoms with Crippen LogP contribution in [0.3, 0.4) is 0 Å². The summed E-state index contributed by atoms with van der Waals surface area (Å²) in [7, 11) is 0. The summed E-state index contributed by atoms with van der Waals surface area (Å²) in [5.74, 6) is -0.790. The Hall–Kier alpha value is -2.68. The SMILES string of the molecule is Nc1cc(-c2ccc(-c3ccccc3)c(F)c2)ccc1F. The third-order valence-corrected chi connectivity index (χ3v) is 3.38. The lowest BCUT2D eigenvalue weighted by atomic mass is 9.99. The van der Waals surface area contributed by atoms with Gasteiger partial charge in [-0.05, 0) is 34.9 Å². The summed E-state index contributed by atoms with van der Waals surface area (Å²) in [4.78, 5) is 0. The maximum absolute atomic E-state index is 14.3. The Labute approximate surface area is 121 Å². The maximum Gasteiger partial charge on any atom is 0.146 e. The van der Waals surface area contributed by atoms with Crippen molar-refractivity contribution in [1.29, 1.82) is 0 Å². The summed E-state index contributed by atoms with van der Waals surface area (Å²) in [6, 6.07) is 18.7. The predicted molar refractivity (Wildman–Crippen MR) is 81.6 cm³/mol. The Morgan fingerprint density at radius 3 is 1.95 bits per heavy atom. The number of hydrogen-bond donors (Lipinski definition) is 1. The Balaban J connectivity index is 2.03. The van der Waals surface area contributed by atoms with Gasteiger partial charge < -0.3 is 5.73 Å². The molecule has 0 saturated carbocycles. The van der Waals surface area contributed by atoms with Gasteiger partial charge in [0.15, 0.2) is 0 Å². The molecule has 3 rings (SSSR count). The van der Waals surface area contributed by atoms with E-state index in [1.807, 2.05) is 30.3 Å². The van der Waals surface area contributed by atoms with Crippen molar-refractivity contribution < 1.29 is 8.78 Å². The highest BCUT2D eigenvalue weighted by atomic mass is 19.1. The molecule has 0 aromatic heterocycles. The first-order valence-corrected chi connectivity index (χ1v) is 6.55. The van der Waals surface area contributed by atoms with Gasteiger partial charge >= 0.3 is 0 Å². The van der Waals surface area contributed by atoms with Crippen LogP contribution in [0.1, 0.15) is 0 Å². The largest absolute Gasteiger partial charge is 0.396 e. The maximum atomic E-state index is 14.3. The Bertz CT molecular complexity index is 782. The zero-order valence-corrected chi connectivity index (χ0v) is 11.2. The van der Waals surface area contributed by atoms with Gasteiger partial charge in [-0.3, -0.25) is 0 Å². The van der Waals surface area contributed by atoms with Gasteiger partial charge in [-0.15, -0.1) is 0 Å². The van der Waals surface area contributed by atoms with E-state index in [4.69, 9.17) is 5.73 Å². The zero-order chi connectivity index (χ0) is 14.8. The summed E-state index contributed by atoms with van der Waals surface area (Å²) in [5, 5.41) is 0. The van der Waals surface area contributed by atoms with Crippen molar-refractivity contribution in [3.8, 4) is 22.3 Å². The summed E-state index contributed by atoms with van der Waals surface area (Å²) < 4.78 is 27.5. The highest BCUT2D eigenvalue weighted by Gasteiger charge is 2.08. The number of anilines is 1. The van der Waals surface area contributed by atoms with E-state index in [0.717, 1.165) is 5.56 Å². The summed E-state index contributed by atoms with van der Waals surface area (Å²) in [6.45, 7) is 0. The van der Waals surface area contributed by atoms with Crippen molar-refractivity contribution in [3.05, 3.63) is 78.4 Å². The number of nitrogen functional groups attached to an aromatic ring is 1. The fraction of sp³-hybridized carbons (Fsp3) is 0. The van der Waals surface area contributed by atoms with E-state index < -0.39 is 5.82 Å². The standard InChI is InChI=1S/C18H13F2N/c19-16-9-7-14(11-18(16)21)13-6-8-15(17(20)10-13)12-4-2-1-3-5-12/h1-11H,21H2. The van der Waals surface area contributed by atoms with Gasteiger partial charge in [0.1, 0.15) is 11.6 Å². The lowest BCUT2D eigenvalue weighted by Crippen LogP contribution is -1.91. The first-order valence-electron chi connectivity index (χ1n) is 6.55. The van der Waals surface area contributed by atoms with Crippen LogP contribution in [-0.4, -0.2) is 0 Å². The molecule has 0 saturated heterocycles. The van der Waals surface area contributed by atoms with Gasteiger partial charge in [-0.2, -0.15) is 0 Å². The molecular formula is C18H13F2N. The fourth-order valence-electron chi connectivity index (χ4n) is 2.27. The molecule has 0 aliphatic rings. The second kappa shape index (κ2) is 5.37. The molecule has 3 aromatic carbocycles. The van der Waals surface area contributed by atoms with E-state index >= 15 is 0 Å². The third-order valence-electron chi connectivity index (χ3n) is 3.38. The van der Waals surface area contributed by atoms with E-state index in [2.05, 4.69) is 0 Å². The molecule has 0 aliphatic carbocycles. The molecule has 21 heavy (non-hydrogen) atoms. The monoisotopic (exact) mass is 281 g/mol. The Morgan fingerprint density at radius 2 is 1.29 bits per heavy atom. The van der Waals surface area contributed by atoms with Gasteiger partial charge in [-0.1, -0.05) is 48.5 Å². The van der Waals surface area contributed by atoms with Crippen molar-refractivity contribution >= 4 is 5.69 Å².